The van der Waals surface area contributed by atoms with Crippen LogP contribution in [0, 0.1) is 5.92 Å². The number of hydrogen-bond donors (Lipinski definition) is 1. The van der Waals surface area contributed by atoms with E-state index in [4.69, 9.17) is 5.73 Å². The first kappa shape index (κ1) is 11.9. The van der Waals surface area contributed by atoms with Crippen LogP contribution in [0.1, 0.15) is 34.6 Å². The monoisotopic (exact) mass is 172 g/mol. The number of nitrogens with two attached hydrogens (primary N) is 1. The van der Waals surface area contributed by atoms with Crippen LogP contribution >= 0.6 is 0 Å². The van der Waals surface area contributed by atoms with Gasteiger partial charge in [-0.15, -0.1) is 0 Å². The highest BCUT2D eigenvalue weighted by Crippen LogP contribution is 2.06. The Kier molecular flexibility index (Phi) is 5.51. The number of rotatable bonds is 5. The van der Waals surface area contributed by atoms with Gasteiger partial charge in [-0.05, 0) is 33.2 Å². The van der Waals surface area contributed by atoms with E-state index in [9.17, 15) is 0 Å². The molecule has 2 unspecified atom stereocenters. The summed E-state index contributed by atoms with van der Waals surface area (Å²) in [7, 11) is 0. The smallest absolute Gasteiger partial charge is 0.00483 e. The van der Waals surface area contributed by atoms with Gasteiger partial charge in [0.25, 0.3) is 0 Å². The lowest BCUT2D eigenvalue weighted by Gasteiger charge is -2.29. The second-order valence-corrected chi connectivity index (χ2v) is 4.02. The minimum atomic E-state index is 0.304. The van der Waals surface area contributed by atoms with Gasteiger partial charge < -0.3 is 10.6 Å². The highest BCUT2D eigenvalue weighted by atomic mass is 15.1. The number of nitrogens with zero attached hydrogens (tertiary/aromatic N) is 1. The Balaban J connectivity index is 3.85. The van der Waals surface area contributed by atoms with E-state index < -0.39 is 0 Å². The predicted molar refractivity (Wildman–Crippen MR) is 55.2 cm³/mol. The Bertz CT molecular complexity index is 110. The molecule has 2 nitrogen and oxygen atoms in total. The van der Waals surface area contributed by atoms with Crippen LogP contribution in [0.5, 0.6) is 0 Å². The molecule has 0 saturated carbocycles. The molecule has 0 aromatic rings. The molecule has 0 rings (SSSR count). The van der Waals surface area contributed by atoms with E-state index in [2.05, 4.69) is 39.5 Å². The summed E-state index contributed by atoms with van der Waals surface area (Å²) in [6.45, 7) is 13.2. The Labute approximate surface area is 77.1 Å². The largest absolute Gasteiger partial charge is 0.328 e. The highest BCUT2D eigenvalue weighted by molar-refractivity contribution is 4.70. The molecular weight excluding hydrogens is 148 g/mol. The van der Waals surface area contributed by atoms with Gasteiger partial charge in [0.15, 0.2) is 0 Å². The quantitative estimate of drug-likeness (QED) is 0.684. The molecule has 2 atom stereocenters. The fourth-order valence-corrected chi connectivity index (χ4v) is 1.24. The van der Waals surface area contributed by atoms with E-state index in [1.807, 2.05) is 0 Å². The van der Waals surface area contributed by atoms with Gasteiger partial charge >= 0.3 is 0 Å². The first-order chi connectivity index (χ1) is 5.49. The highest BCUT2D eigenvalue weighted by Gasteiger charge is 2.13. The molecule has 0 radical (unpaired) electrons. The van der Waals surface area contributed by atoms with Gasteiger partial charge in [0, 0.05) is 18.6 Å². The van der Waals surface area contributed by atoms with E-state index in [1.165, 1.54) is 0 Å². The summed E-state index contributed by atoms with van der Waals surface area (Å²) in [6, 6.07) is 0.939. The van der Waals surface area contributed by atoms with Crippen molar-refractivity contribution in [1.82, 2.24) is 4.90 Å². The molecule has 0 aliphatic rings. The van der Waals surface area contributed by atoms with Gasteiger partial charge in [0.2, 0.25) is 0 Å². The summed E-state index contributed by atoms with van der Waals surface area (Å²) in [5.41, 5.74) is 5.81. The van der Waals surface area contributed by atoms with Crippen molar-refractivity contribution in [2.45, 2.75) is 46.7 Å². The molecule has 0 aromatic carbocycles. The Morgan fingerprint density at radius 2 is 1.67 bits per heavy atom. The molecule has 2 N–H and O–H groups in total. The zero-order valence-corrected chi connectivity index (χ0v) is 9.17. The van der Waals surface area contributed by atoms with Crippen LogP contribution in [0.25, 0.3) is 0 Å². The normalized spacial score (nSPS) is 17.0. The van der Waals surface area contributed by atoms with E-state index in [0.29, 0.717) is 18.0 Å². The van der Waals surface area contributed by atoms with Gasteiger partial charge in [-0.2, -0.15) is 0 Å². The molecule has 0 spiro atoms. The van der Waals surface area contributed by atoms with Gasteiger partial charge in [-0.1, -0.05) is 13.8 Å². The van der Waals surface area contributed by atoms with Crippen LogP contribution in [-0.4, -0.2) is 30.1 Å². The van der Waals surface area contributed by atoms with Crippen molar-refractivity contribution in [1.29, 1.82) is 0 Å². The lowest BCUT2D eigenvalue weighted by Crippen LogP contribution is -2.39. The summed E-state index contributed by atoms with van der Waals surface area (Å²) in [6.07, 6.45) is 0. The maximum Gasteiger partial charge on any atom is 0.00483 e. The number of hydrogen-bond acceptors (Lipinski definition) is 2. The standard InChI is InChI=1S/C10H24N2/c1-6-12(8(2)3)7-9(4)10(5)11/h8-10H,6-7,11H2,1-5H3. The van der Waals surface area contributed by atoms with Crippen LogP contribution in [0.3, 0.4) is 0 Å². The van der Waals surface area contributed by atoms with Crippen molar-refractivity contribution >= 4 is 0 Å². The molecule has 0 aliphatic heterocycles. The van der Waals surface area contributed by atoms with Crippen LogP contribution < -0.4 is 5.73 Å². The van der Waals surface area contributed by atoms with Gasteiger partial charge in [0.05, 0.1) is 0 Å². The predicted octanol–water partition coefficient (Wildman–Crippen LogP) is 1.70. The Hall–Kier alpha value is -0.0800. The molecular formula is C10H24N2. The van der Waals surface area contributed by atoms with Crippen molar-refractivity contribution in [3.63, 3.8) is 0 Å². The maximum atomic E-state index is 5.81. The summed E-state index contributed by atoms with van der Waals surface area (Å²) in [5, 5.41) is 0. The molecule has 0 saturated heterocycles. The van der Waals surface area contributed by atoms with Gasteiger partial charge in [0.1, 0.15) is 0 Å². The molecule has 0 heterocycles. The minimum absolute atomic E-state index is 0.304. The maximum absolute atomic E-state index is 5.81. The zero-order chi connectivity index (χ0) is 9.72. The van der Waals surface area contributed by atoms with Crippen molar-refractivity contribution in [3.05, 3.63) is 0 Å². The lowest BCUT2D eigenvalue weighted by molar-refractivity contribution is 0.193. The molecule has 0 bridgehead atoms. The third kappa shape index (κ3) is 4.07. The first-order valence-corrected chi connectivity index (χ1v) is 4.98. The van der Waals surface area contributed by atoms with Crippen molar-refractivity contribution in [2.75, 3.05) is 13.1 Å². The average molecular weight is 172 g/mol. The van der Waals surface area contributed by atoms with Crippen LogP contribution in [-0.2, 0) is 0 Å². The average Bonchev–Trinajstić information content (AvgIpc) is 1.98. The summed E-state index contributed by atoms with van der Waals surface area (Å²) < 4.78 is 0. The van der Waals surface area contributed by atoms with E-state index >= 15 is 0 Å². The summed E-state index contributed by atoms with van der Waals surface area (Å²) in [5.74, 6) is 0.590. The second kappa shape index (κ2) is 5.55. The molecule has 2 heteroatoms. The van der Waals surface area contributed by atoms with Crippen molar-refractivity contribution < 1.29 is 0 Å². The van der Waals surface area contributed by atoms with E-state index in [0.717, 1.165) is 13.1 Å². The molecule has 12 heavy (non-hydrogen) atoms. The van der Waals surface area contributed by atoms with Gasteiger partial charge in [-0.25, -0.2) is 0 Å². The molecule has 0 amide bonds. The fourth-order valence-electron chi connectivity index (χ4n) is 1.24. The van der Waals surface area contributed by atoms with E-state index in [-0.39, 0.29) is 0 Å². The molecule has 0 aliphatic carbocycles. The first-order valence-electron chi connectivity index (χ1n) is 4.98. The molecule has 0 fully saturated rings. The Morgan fingerprint density at radius 1 is 1.17 bits per heavy atom. The third-order valence-electron chi connectivity index (χ3n) is 2.56. The van der Waals surface area contributed by atoms with Gasteiger partial charge in [-0.3, -0.25) is 0 Å². The van der Waals surface area contributed by atoms with Crippen LogP contribution in [0.15, 0.2) is 0 Å². The topological polar surface area (TPSA) is 29.3 Å². The van der Waals surface area contributed by atoms with Crippen LogP contribution in [0.4, 0.5) is 0 Å². The van der Waals surface area contributed by atoms with Crippen molar-refractivity contribution in [3.8, 4) is 0 Å². The molecule has 0 aromatic heterocycles. The zero-order valence-electron chi connectivity index (χ0n) is 9.17. The lowest BCUT2D eigenvalue weighted by atomic mass is 10.0. The summed E-state index contributed by atoms with van der Waals surface area (Å²) in [4.78, 5) is 2.45. The molecule has 74 valence electrons. The summed E-state index contributed by atoms with van der Waals surface area (Å²) >= 11 is 0. The SMILES string of the molecule is CCN(CC(C)C(C)N)C(C)C. The minimum Gasteiger partial charge on any atom is -0.328 e. The van der Waals surface area contributed by atoms with E-state index in [1.54, 1.807) is 0 Å². The second-order valence-electron chi connectivity index (χ2n) is 4.02. The fraction of sp³-hybridized carbons (Fsp3) is 1.00. The van der Waals surface area contributed by atoms with Crippen LogP contribution in [0.2, 0.25) is 0 Å². The third-order valence-corrected chi connectivity index (χ3v) is 2.56. The Morgan fingerprint density at radius 3 is 1.92 bits per heavy atom. The van der Waals surface area contributed by atoms with Crippen molar-refractivity contribution in [2.24, 2.45) is 11.7 Å².